The zero-order valence-corrected chi connectivity index (χ0v) is 14.7. The van der Waals surface area contributed by atoms with Crippen molar-refractivity contribution in [1.82, 2.24) is 15.2 Å². The molecule has 28 heavy (non-hydrogen) atoms. The normalized spacial score (nSPS) is 14.8. The Morgan fingerprint density at radius 1 is 0.929 bits per heavy atom. The van der Waals surface area contributed by atoms with Crippen molar-refractivity contribution in [3.8, 4) is 11.5 Å². The largest absolute Gasteiger partial charge is 0.442 e. The Labute approximate surface area is 159 Å². The molecular formula is C22H15F2N3O. The standard InChI is InChI=1S/C22H15F2N3O/c23-16-5-1-14(2-6-16)22(15-3-7-17(24)8-4-15)10-9-18-19(11-22)26-27-21(18)20-12-25-13-28-20/h1-10,12-13H,11H2,(H,26,27). The van der Waals surface area contributed by atoms with Gasteiger partial charge in [0.2, 0.25) is 0 Å². The summed E-state index contributed by atoms with van der Waals surface area (Å²) in [6.45, 7) is 0. The molecule has 2 heterocycles. The fourth-order valence-electron chi connectivity index (χ4n) is 3.84. The SMILES string of the molecule is Fc1ccc(C2(c3ccc(F)cc3)C=Cc3c(-c4cnco4)n[nH]c3C2)cc1. The molecule has 0 atom stereocenters. The van der Waals surface area contributed by atoms with Gasteiger partial charge in [0.15, 0.2) is 12.2 Å². The van der Waals surface area contributed by atoms with E-state index < -0.39 is 5.41 Å². The second kappa shape index (κ2) is 6.27. The van der Waals surface area contributed by atoms with Crippen molar-refractivity contribution in [3.05, 3.63) is 101 Å². The fraction of sp³-hybridized carbons (Fsp3) is 0.0909. The number of fused-ring (bicyclic) bond motifs is 1. The first kappa shape index (κ1) is 16.6. The summed E-state index contributed by atoms with van der Waals surface area (Å²) >= 11 is 0. The van der Waals surface area contributed by atoms with E-state index in [0.29, 0.717) is 17.9 Å². The number of nitrogens with zero attached hydrogens (tertiary/aromatic N) is 2. The molecular weight excluding hydrogens is 360 g/mol. The van der Waals surface area contributed by atoms with Gasteiger partial charge in [0.25, 0.3) is 0 Å². The molecule has 0 aliphatic heterocycles. The first-order chi connectivity index (χ1) is 13.7. The summed E-state index contributed by atoms with van der Waals surface area (Å²) in [6.07, 6.45) is 7.59. The maximum absolute atomic E-state index is 13.5. The summed E-state index contributed by atoms with van der Waals surface area (Å²) < 4.78 is 32.4. The van der Waals surface area contributed by atoms with Gasteiger partial charge >= 0.3 is 0 Å². The van der Waals surface area contributed by atoms with Crippen LogP contribution in [0.3, 0.4) is 0 Å². The number of hydrogen-bond acceptors (Lipinski definition) is 3. The van der Waals surface area contributed by atoms with Crippen LogP contribution >= 0.6 is 0 Å². The van der Waals surface area contributed by atoms with Gasteiger partial charge in [0.05, 0.1) is 6.20 Å². The van der Waals surface area contributed by atoms with E-state index >= 15 is 0 Å². The molecule has 6 heteroatoms. The third-order valence-corrected chi connectivity index (χ3v) is 5.26. The highest BCUT2D eigenvalue weighted by atomic mass is 19.1. The minimum atomic E-state index is -0.570. The molecule has 0 unspecified atom stereocenters. The van der Waals surface area contributed by atoms with E-state index in [0.717, 1.165) is 22.4 Å². The van der Waals surface area contributed by atoms with Crippen molar-refractivity contribution in [2.45, 2.75) is 11.8 Å². The molecule has 0 radical (unpaired) electrons. The second-order valence-corrected chi connectivity index (χ2v) is 6.83. The van der Waals surface area contributed by atoms with Crippen LogP contribution in [0.4, 0.5) is 8.78 Å². The van der Waals surface area contributed by atoms with Crippen molar-refractivity contribution in [3.63, 3.8) is 0 Å². The maximum Gasteiger partial charge on any atom is 0.181 e. The van der Waals surface area contributed by atoms with Crippen LogP contribution in [0.25, 0.3) is 17.5 Å². The Morgan fingerprint density at radius 3 is 2.14 bits per heavy atom. The average Bonchev–Trinajstić information content (AvgIpc) is 3.38. The van der Waals surface area contributed by atoms with Crippen molar-refractivity contribution >= 4 is 6.08 Å². The highest BCUT2D eigenvalue weighted by Gasteiger charge is 2.37. The van der Waals surface area contributed by atoms with E-state index in [2.05, 4.69) is 21.3 Å². The summed E-state index contributed by atoms with van der Waals surface area (Å²) in [7, 11) is 0. The lowest BCUT2D eigenvalue weighted by Crippen LogP contribution is -2.30. The Hall–Kier alpha value is -3.54. The molecule has 0 amide bonds. The van der Waals surface area contributed by atoms with Crippen LogP contribution in [-0.2, 0) is 11.8 Å². The van der Waals surface area contributed by atoms with Crippen LogP contribution in [0.5, 0.6) is 0 Å². The zero-order valence-electron chi connectivity index (χ0n) is 14.7. The van der Waals surface area contributed by atoms with Gasteiger partial charge in [-0.25, -0.2) is 13.8 Å². The topological polar surface area (TPSA) is 54.7 Å². The zero-order chi connectivity index (χ0) is 19.1. The number of halogens is 2. The van der Waals surface area contributed by atoms with Crippen LogP contribution in [0.1, 0.15) is 22.4 Å². The molecule has 0 saturated carbocycles. The molecule has 5 rings (SSSR count). The molecule has 138 valence electrons. The third kappa shape index (κ3) is 2.57. The van der Waals surface area contributed by atoms with Gasteiger partial charge in [-0.05, 0) is 35.4 Å². The van der Waals surface area contributed by atoms with Crippen molar-refractivity contribution in [2.24, 2.45) is 0 Å². The van der Waals surface area contributed by atoms with Gasteiger partial charge in [0, 0.05) is 23.1 Å². The van der Waals surface area contributed by atoms with Crippen LogP contribution < -0.4 is 0 Å². The molecule has 1 N–H and O–H groups in total. The molecule has 1 aliphatic rings. The third-order valence-electron chi connectivity index (χ3n) is 5.26. The smallest absolute Gasteiger partial charge is 0.181 e. The predicted octanol–water partition coefficient (Wildman–Crippen LogP) is 4.90. The highest BCUT2D eigenvalue weighted by molar-refractivity contribution is 5.74. The first-order valence-corrected chi connectivity index (χ1v) is 8.83. The number of H-pyrrole nitrogens is 1. The van der Waals surface area contributed by atoms with Gasteiger partial charge in [-0.3, -0.25) is 5.10 Å². The van der Waals surface area contributed by atoms with E-state index in [9.17, 15) is 8.78 Å². The van der Waals surface area contributed by atoms with Gasteiger partial charge in [-0.2, -0.15) is 5.10 Å². The summed E-state index contributed by atoms with van der Waals surface area (Å²) in [6, 6.07) is 12.8. The van der Waals surface area contributed by atoms with Crippen LogP contribution in [0.2, 0.25) is 0 Å². The minimum absolute atomic E-state index is 0.298. The maximum atomic E-state index is 13.5. The van der Waals surface area contributed by atoms with E-state index in [1.54, 1.807) is 30.5 Å². The van der Waals surface area contributed by atoms with Crippen molar-refractivity contribution in [2.75, 3.05) is 0 Å². The first-order valence-electron chi connectivity index (χ1n) is 8.83. The minimum Gasteiger partial charge on any atom is -0.442 e. The number of aromatic nitrogens is 3. The van der Waals surface area contributed by atoms with E-state index in [-0.39, 0.29) is 11.6 Å². The summed E-state index contributed by atoms with van der Waals surface area (Å²) in [5.41, 5.74) is 3.80. The lowest BCUT2D eigenvalue weighted by molar-refractivity contribution is 0.569. The second-order valence-electron chi connectivity index (χ2n) is 6.83. The van der Waals surface area contributed by atoms with E-state index in [4.69, 9.17) is 4.42 Å². The number of allylic oxidation sites excluding steroid dienone is 1. The average molecular weight is 375 g/mol. The van der Waals surface area contributed by atoms with Gasteiger partial charge in [0.1, 0.15) is 17.3 Å². The highest BCUT2D eigenvalue weighted by Crippen LogP contribution is 2.43. The van der Waals surface area contributed by atoms with Crippen LogP contribution in [0, 0.1) is 11.6 Å². The van der Waals surface area contributed by atoms with Crippen molar-refractivity contribution in [1.29, 1.82) is 0 Å². The fourth-order valence-corrected chi connectivity index (χ4v) is 3.84. The molecule has 0 bridgehead atoms. The van der Waals surface area contributed by atoms with Gasteiger partial charge in [-0.15, -0.1) is 0 Å². The lowest BCUT2D eigenvalue weighted by atomic mass is 9.68. The molecule has 0 spiro atoms. The quantitative estimate of drug-likeness (QED) is 0.554. The Bertz CT molecular complexity index is 1100. The van der Waals surface area contributed by atoms with E-state index in [1.807, 2.05) is 6.08 Å². The molecule has 0 fully saturated rings. The van der Waals surface area contributed by atoms with Crippen LogP contribution in [-0.4, -0.2) is 15.2 Å². The summed E-state index contributed by atoms with van der Waals surface area (Å²) in [4.78, 5) is 3.95. The summed E-state index contributed by atoms with van der Waals surface area (Å²) in [5.74, 6) is -0.0153. The Morgan fingerprint density at radius 2 is 1.57 bits per heavy atom. The van der Waals surface area contributed by atoms with Crippen molar-refractivity contribution < 1.29 is 13.2 Å². The predicted molar refractivity (Wildman–Crippen MR) is 100 cm³/mol. The Balaban J connectivity index is 1.66. The monoisotopic (exact) mass is 375 g/mol. The summed E-state index contributed by atoms with van der Waals surface area (Å²) in [5, 5.41) is 7.49. The van der Waals surface area contributed by atoms with Gasteiger partial charge in [-0.1, -0.05) is 36.4 Å². The number of hydrogen-bond donors (Lipinski definition) is 1. The van der Waals surface area contributed by atoms with E-state index in [1.165, 1.54) is 30.7 Å². The molecule has 4 nitrogen and oxygen atoms in total. The molecule has 1 aliphatic carbocycles. The molecule has 2 aromatic heterocycles. The molecule has 2 aromatic carbocycles. The van der Waals surface area contributed by atoms with Crippen LogP contribution in [0.15, 0.2) is 71.6 Å². The molecule has 4 aromatic rings. The van der Waals surface area contributed by atoms with Gasteiger partial charge < -0.3 is 4.42 Å². The number of oxazole rings is 1. The number of rotatable bonds is 3. The number of aromatic amines is 1. The lowest BCUT2D eigenvalue weighted by Gasteiger charge is -2.34. The Kier molecular flexibility index (Phi) is 3.72. The molecule has 0 saturated heterocycles. The number of benzene rings is 2. The number of nitrogens with one attached hydrogen (secondary N) is 1.